The number of allylic oxidation sites excluding steroid dienone is 12. The number of hydrogen-bond acceptors (Lipinski definition) is 6. The van der Waals surface area contributed by atoms with Crippen molar-refractivity contribution in [3.8, 4) is 0 Å². The van der Waals surface area contributed by atoms with Crippen LogP contribution in [0.5, 0.6) is 0 Å². The summed E-state index contributed by atoms with van der Waals surface area (Å²) in [7, 11) is 0. The van der Waals surface area contributed by atoms with Gasteiger partial charge in [0.25, 0.3) is 0 Å². The van der Waals surface area contributed by atoms with Crippen LogP contribution in [0.1, 0.15) is 201 Å². The lowest BCUT2D eigenvalue weighted by atomic mass is 10.1. The first-order valence-corrected chi connectivity index (χ1v) is 22.5. The summed E-state index contributed by atoms with van der Waals surface area (Å²) in [4.78, 5) is 37.7. The maximum Gasteiger partial charge on any atom is 0.306 e. The molecule has 0 aliphatic carbocycles. The Hall–Kier alpha value is -3.15. The van der Waals surface area contributed by atoms with Crippen molar-refractivity contribution in [2.75, 3.05) is 13.2 Å². The Bertz CT molecular complexity index is 1070. The van der Waals surface area contributed by atoms with Crippen molar-refractivity contribution in [2.45, 2.75) is 207 Å². The third-order valence-corrected chi connectivity index (χ3v) is 9.26. The van der Waals surface area contributed by atoms with E-state index in [1.54, 1.807) is 0 Å². The Labute approximate surface area is 338 Å². The maximum atomic E-state index is 12.7. The van der Waals surface area contributed by atoms with Gasteiger partial charge in [0.15, 0.2) is 6.10 Å². The summed E-state index contributed by atoms with van der Waals surface area (Å²) in [6.45, 7) is 6.37. The molecule has 0 aromatic heterocycles. The molecule has 0 N–H and O–H groups in total. The second-order valence-electron chi connectivity index (χ2n) is 14.7. The minimum absolute atomic E-state index is 0.0936. The van der Waals surface area contributed by atoms with E-state index in [1.807, 2.05) is 24.3 Å². The fourth-order valence-electron chi connectivity index (χ4n) is 5.84. The molecule has 0 aromatic carbocycles. The minimum Gasteiger partial charge on any atom is -0.462 e. The van der Waals surface area contributed by atoms with Crippen LogP contribution in [0, 0.1) is 0 Å². The standard InChI is InChI=1S/C49H82O6/c1-4-7-10-13-16-19-22-24-25-26-28-30-33-36-39-42-48(51)54-45-46(44-53-47(50)41-38-35-32-29-21-18-15-12-9-6-3)55-49(52)43-40-37-34-31-27-23-20-17-14-11-8-5-2/h7,10,13,15-20,22,24-25,46H,4-6,8-9,11-12,14,21,23,26-45H2,1-3H3/b10-7-,16-13-,18-15-,20-17-,22-19-,25-24-. The number of carbonyl (C=O) groups is 3. The highest BCUT2D eigenvalue weighted by atomic mass is 16.6. The molecular weight excluding hydrogens is 685 g/mol. The average Bonchev–Trinajstić information content (AvgIpc) is 3.18. The molecule has 0 bridgehead atoms. The van der Waals surface area contributed by atoms with E-state index >= 15 is 0 Å². The van der Waals surface area contributed by atoms with Crippen LogP contribution >= 0.6 is 0 Å². The number of unbranched alkanes of at least 4 members (excludes halogenated alkanes) is 19. The second kappa shape index (κ2) is 43.6. The van der Waals surface area contributed by atoms with Gasteiger partial charge in [0, 0.05) is 19.3 Å². The molecule has 0 saturated heterocycles. The van der Waals surface area contributed by atoms with Gasteiger partial charge in [0.05, 0.1) is 0 Å². The molecule has 0 amide bonds. The first-order chi connectivity index (χ1) is 27.0. The van der Waals surface area contributed by atoms with Crippen molar-refractivity contribution in [1.29, 1.82) is 0 Å². The molecule has 0 aromatic rings. The summed E-state index contributed by atoms with van der Waals surface area (Å²) in [5.74, 6) is -0.946. The molecule has 0 aliphatic heterocycles. The van der Waals surface area contributed by atoms with E-state index < -0.39 is 6.10 Å². The average molecular weight is 767 g/mol. The summed E-state index contributed by atoms with van der Waals surface area (Å²) >= 11 is 0. The van der Waals surface area contributed by atoms with Crippen molar-refractivity contribution >= 4 is 17.9 Å². The zero-order valence-electron chi connectivity index (χ0n) is 35.7. The molecule has 1 unspecified atom stereocenters. The van der Waals surface area contributed by atoms with Crippen molar-refractivity contribution < 1.29 is 28.6 Å². The number of esters is 3. The zero-order valence-corrected chi connectivity index (χ0v) is 35.7. The fraction of sp³-hybridized carbons (Fsp3) is 0.694. The third-order valence-electron chi connectivity index (χ3n) is 9.26. The van der Waals surface area contributed by atoms with Crippen LogP contribution in [0.4, 0.5) is 0 Å². The SMILES string of the molecule is CC\C=C/C=C\C=C/C=C\CCCCCCCC(=O)OCC(COC(=O)CCCCCC/C=C\CCCC)OC(=O)CCCCCCC/C=C\CCCCC. The van der Waals surface area contributed by atoms with Gasteiger partial charge in [-0.1, -0.05) is 171 Å². The Morgan fingerprint density at radius 1 is 0.382 bits per heavy atom. The highest BCUT2D eigenvalue weighted by molar-refractivity contribution is 5.71. The predicted octanol–water partition coefficient (Wildman–Crippen LogP) is 14.3. The van der Waals surface area contributed by atoms with E-state index in [4.69, 9.17) is 14.2 Å². The topological polar surface area (TPSA) is 78.9 Å². The number of hydrogen-bond donors (Lipinski definition) is 0. The highest BCUT2D eigenvalue weighted by Gasteiger charge is 2.19. The normalized spacial score (nSPS) is 12.7. The lowest BCUT2D eigenvalue weighted by Gasteiger charge is -2.18. The predicted molar refractivity (Wildman–Crippen MR) is 233 cm³/mol. The zero-order chi connectivity index (χ0) is 40.1. The van der Waals surface area contributed by atoms with Crippen LogP contribution in [0.25, 0.3) is 0 Å². The van der Waals surface area contributed by atoms with Crippen LogP contribution in [0.15, 0.2) is 72.9 Å². The Balaban J connectivity index is 4.45. The molecule has 0 radical (unpaired) electrons. The van der Waals surface area contributed by atoms with Crippen LogP contribution in [0.3, 0.4) is 0 Å². The molecule has 1 atom stereocenters. The number of rotatable bonds is 39. The summed E-state index contributed by atoms with van der Waals surface area (Å²) in [6, 6.07) is 0. The van der Waals surface area contributed by atoms with Gasteiger partial charge in [-0.05, 0) is 83.5 Å². The summed E-state index contributed by atoms with van der Waals surface area (Å²) in [5.41, 5.74) is 0. The van der Waals surface area contributed by atoms with Gasteiger partial charge < -0.3 is 14.2 Å². The third kappa shape index (κ3) is 41.8. The van der Waals surface area contributed by atoms with Crippen LogP contribution in [0.2, 0.25) is 0 Å². The lowest BCUT2D eigenvalue weighted by molar-refractivity contribution is -0.167. The lowest BCUT2D eigenvalue weighted by Crippen LogP contribution is -2.30. The van der Waals surface area contributed by atoms with Gasteiger partial charge in [-0.25, -0.2) is 0 Å². The highest BCUT2D eigenvalue weighted by Crippen LogP contribution is 2.13. The van der Waals surface area contributed by atoms with Gasteiger partial charge >= 0.3 is 17.9 Å². The molecule has 55 heavy (non-hydrogen) atoms. The van der Waals surface area contributed by atoms with Crippen molar-refractivity contribution in [1.82, 2.24) is 0 Å². The first-order valence-electron chi connectivity index (χ1n) is 22.5. The van der Waals surface area contributed by atoms with E-state index in [2.05, 4.69) is 69.4 Å². The molecule has 6 nitrogen and oxygen atoms in total. The van der Waals surface area contributed by atoms with E-state index in [0.717, 1.165) is 116 Å². The Morgan fingerprint density at radius 3 is 1.22 bits per heavy atom. The quantitative estimate of drug-likeness (QED) is 0.0204. The van der Waals surface area contributed by atoms with E-state index in [1.165, 1.54) is 44.9 Å². The Morgan fingerprint density at radius 2 is 0.745 bits per heavy atom. The van der Waals surface area contributed by atoms with Gasteiger partial charge in [-0.2, -0.15) is 0 Å². The van der Waals surface area contributed by atoms with Gasteiger partial charge in [0.2, 0.25) is 0 Å². The van der Waals surface area contributed by atoms with Crippen molar-refractivity contribution in [3.63, 3.8) is 0 Å². The number of carbonyl (C=O) groups excluding carboxylic acids is 3. The first kappa shape index (κ1) is 51.9. The van der Waals surface area contributed by atoms with Gasteiger partial charge in [-0.15, -0.1) is 0 Å². The molecule has 6 heteroatoms. The van der Waals surface area contributed by atoms with Crippen LogP contribution < -0.4 is 0 Å². The van der Waals surface area contributed by atoms with Crippen molar-refractivity contribution in [2.24, 2.45) is 0 Å². The number of ether oxygens (including phenoxy) is 3. The molecule has 0 heterocycles. The summed E-state index contributed by atoms with van der Waals surface area (Å²) in [6.07, 6.45) is 53.1. The fourth-order valence-corrected chi connectivity index (χ4v) is 5.84. The van der Waals surface area contributed by atoms with Crippen molar-refractivity contribution in [3.05, 3.63) is 72.9 Å². The largest absolute Gasteiger partial charge is 0.462 e. The van der Waals surface area contributed by atoms with E-state index in [-0.39, 0.29) is 31.1 Å². The van der Waals surface area contributed by atoms with E-state index in [9.17, 15) is 14.4 Å². The monoisotopic (exact) mass is 767 g/mol. The molecule has 0 aliphatic rings. The molecule has 0 spiro atoms. The summed E-state index contributed by atoms with van der Waals surface area (Å²) in [5, 5.41) is 0. The van der Waals surface area contributed by atoms with Crippen LogP contribution in [-0.2, 0) is 28.6 Å². The summed E-state index contributed by atoms with van der Waals surface area (Å²) < 4.78 is 16.7. The molecule has 0 rings (SSSR count). The molecule has 0 fully saturated rings. The molecular formula is C49H82O6. The molecule has 314 valence electrons. The van der Waals surface area contributed by atoms with Crippen LogP contribution in [-0.4, -0.2) is 37.2 Å². The smallest absolute Gasteiger partial charge is 0.306 e. The van der Waals surface area contributed by atoms with E-state index in [0.29, 0.717) is 19.3 Å². The Kier molecular flexibility index (Phi) is 41.1. The second-order valence-corrected chi connectivity index (χ2v) is 14.7. The van der Waals surface area contributed by atoms with Gasteiger partial charge in [-0.3, -0.25) is 14.4 Å². The minimum atomic E-state index is -0.791. The molecule has 0 saturated carbocycles. The maximum absolute atomic E-state index is 12.7. The van der Waals surface area contributed by atoms with Gasteiger partial charge in [0.1, 0.15) is 13.2 Å².